The third-order valence-corrected chi connectivity index (χ3v) is 1.07. The van der Waals surface area contributed by atoms with E-state index in [1.807, 2.05) is 0 Å². The number of hydrogen-bond acceptors (Lipinski definition) is 12. The predicted octanol–water partition coefficient (Wildman–Crippen LogP) is -8.88. The minimum atomic E-state index is -1.55. The standard InChI is InChI=1S/3C4H4O4.2Ir/c3*5-3(6)1-2-4(7)8;;/h3*1-2H,(H,5,6)(H,7,8);;/q;;;2*+3/p-6/b3*2-1+;;. The Morgan fingerprint density at radius 2 is 0.423 bits per heavy atom. The van der Waals surface area contributed by atoms with E-state index in [4.69, 9.17) is 0 Å². The van der Waals surface area contributed by atoms with Gasteiger partial charge < -0.3 is 59.4 Å². The Morgan fingerprint density at radius 1 is 0.346 bits per heavy atom. The van der Waals surface area contributed by atoms with Gasteiger partial charge in [-0.1, -0.05) is 0 Å². The summed E-state index contributed by atoms with van der Waals surface area (Å²) in [5, 5.41) is 56.5. The first-order valence-corrected chi connectivity index (χ1v) is 5.18. The Bertz CT molecular complexity index is 448. The van der Waals surface area contributed by atoms with Crippen LogP contribution in [0.2, 0.25) is 0 Å². The van der Waals surface area contributed by atoms with Crippen LogP contribution in [0.25, 0.3) is 0 Å². The van der Waals surface area contributed by atoms with Gasteiger partial charge in [0.05, 0.1) is 35.8 Å². The van der Waals surface area contributed by atoms with Gasteiger partial charge in [0.1, 0.15) is 0 Å². The van der Waals surface area contributed by atoms with Crippen molar-refractivity contribution in [3.8, 4) is 0 Å². The molecule has 0 aromatic carbocycles. The molecule has 0 aliphatic rings. The van der Waals surface area contributed by atoms with Crippen molar-refractivity contribution in [3.63, 3.8) is 0 Å². The maximum Gasteiger partial charge on any atom is 3.00 e. The summed E-state index contributed by atoms with van der Waals surface area (Å²) in [6.07, 6.45) is 2.31. The number of aliphatic carboxylic acids is 6. The van der Waals surface area contributed by atoms with Gasteiger partial charge in [-0.05, 0) is 36.5 Å². The monoisotopic (exact) mass is 728 g/mol. The molecule has 26 heavy (non-hydrogen) atoms. The van der Waals surface area contributed by atoms with Crippen LogP contribution in [-0.4, -0.2) is 35.8 Å². The van der Waals surface area contributed by atoms with Crippen molar-refractivity contribution in [2.45, 2.75) is 0 Å². The smallest absolute Gasteiger partial charge is 0.545 e. The summed E-state index contributed by atoms with van der Waals surface area (Å²) in [6, 6.07) is 0. The third kappa shape index (κ3) is 58.0. The normalized spacial score (nSPS) is 8.77. The van der Waals surface area contributed by atoms with Crippen LogP contribution in [0.15, 0.2) is 36.5 Å². The van der Waals surface area contributed by atoms with Gasteiger partial charge >= 0.3 is 40.2 Å². The first kappa shape index (κ1) is 34.6. The molecule has 0 N–H and O–H groups in total. The molecular formula is C12H6Ir2O12. The molecule has 14 heteroatoms. The number of carboxylic acids is 6. The van der Waals surface area contributed by atoms with Gasteiger partial charge in [0.2, 0.25) is 0 Å². The van der Waals surface area contributed by atoms with Crippen molar-refractivity contribution in [2.75, 3.05) is 0 Å². The van der Waals surface area contributed by atoms with E-state index in [0.29, 0.717) is 36.5 Å². The average molecular weight is 727 g/mol. The van der Waals surface area contributed by atoms with Gasteiger partial charge in [0.25, 0.3) is 0 Å². The molecule has 0 bridgehead atoms. The predicted molar refractivity (Wildman–Crippen MR) is 57.5 cm³/mol. The topological polar surface area (TPSA) is 241 Å². The molecule has 0 rings (SSSR count). The zero-order chi connectivity index (χ0) is 19.7. The summed E-state index contributed by atoms with van der Waals surface area (Å²) in [5.41, 5.74) is 0. The van der Waals surface area contributed by atoms with Crippen molar-refractivity contribution in [1.29, 1.82) is 0 Å². The van der Waals surface area contributed by atoms with E-state index >= 15 is 0 Å². The summed E-state index contributed by atoms with van der Waals surface area (Å²) in [6.45, 7) is 0. The number of rotatable bonds is 6. The average Bonchev–Trinajstić information content (AvgIpc) is 2.42. The van der Waals surface area contributed by atoms with E-state index in [0.717, 1.165) is 0 Å². The molecule has 0 aromatic heterocycles. The molecular weight excluding hydrogens is 721 g/mol. The van der Waals surface area contributed by atoms with Crippen molar-refractivity contribution in [2.24, 2.45) is 0 Å². The minimum Gasteiger partial charge on any atom is -0.545 e. The van der Waals surface area contributed by atoms with Gasteiger partial charge in [0, 0.05) is 0 Å². The molecule has 0 spiro atoms. The van der Waals surface area contributed by atoms with Crippen LogP contribution >= 0.6 is 0 Å². The van der Waals surface area contributed by atoms with Crippen molar-refractivity contribution in [1.82, 2.24) is 0 Å². The maximum atomic E-state index is 9.41. The molecule has 12 nitrogen and oxygen atoms in total. The summed E-state index contributed by atoms with van der Waals surface area (Å²) in [5.74, 6) is -9.28. The van der Waals surface area contributed by atoms with Crippen LogP contribution in [-0.2, 0) is 69.0 Å². The molecule has 0 aliphatic heterocycles. The molecule has 0 saturated heterocycles. The zero-order valence-electron chi connectivity index (χ0n) is 12.0. The van der Waals surface area contributed by atoms with Gasteiger partial charge in [0.15, 0.2) is 0 Å². The minimum absolute atomic E-state index is 0. The van der Waals surface area contributed by atoms with E-state index in [1.165, 1.54) is 0 Å². The van der Waals surface area contributed by atoms with Crippen LogP contribution in [0.3, 0.4) is 0 Å². The van der Waals surface area contributed by atoms with Gasteiger partial charge in [-0.15, -0.1) is 0 Å². The van der Waals surface area contributed by atoms with Crippen molar-refractivity contribution >= 4 is 35.8 Å². The summed E-state index contributed by atoms with van der Waals surface area (Å²) in [7, 11) is 0. The number of carbonyl (C=O) groups is 6. The second kappa shape index (κ2) is 22.3. The summed E-state index contributed by atoms with van der Waals surface area (Å²) < 4.78 is 0. The Hall–Kier alpha value is -2.66. The zero-order valence-corrected chi connectivity index (χ0v) is 16.8. The van der Waals surface area contributed by atoms with Gasteiger partial charge in [-0.2, -0.15) is 0 Å². The number of hydrogen-bond donors (Lipinski definition) is 0. The molecule has 0 aliphatic carbocycles. The third-order valence-electron chi connectivity index (χ3n) is 1.07. The molecule has 0 heterocycles. The molecule has 0 atom stereocenters. The molecule has 0 saturated carbocycles. The maximum absolute atomic E-state index is 9.41. The van der Waals surface area contributed by atoms with Crippen LogP contribution in [0.4, 0.5) is 0 Å². The Balaban J connectivity index is -0.0000000817. The fraction of sp³-hybridized carbons (Fsp3) is 0. The molecule has 0 radical (unpaired) electrons. The van der Waals surface area contributed by atoms with Crippen LogP contribution < -0.4 is 30.6 Å². The number of carboxylic acid groups (broad SMARTS) is 6. The SMILES string of the molecule is O=C([O-])/C=C/C(=O)[O-].O=C([O-])/C=C/C(=O)[O-].O=C([O-])/C=C/C(=O)[O-].[Ir+3].[Ir+3]. The van der Waals surface area contributed by atoms with Crippen LogP contribution in [0, 0.1) is 0 Å². The Morgan fingerprint density at radius 3 is 0.462 bits per heavy atom. The molecule has 144 valence electrons. The van der Waals surface area contributed by atoms with E-state index in [-0.39, 0.29) is 40.2 Å². The van der Waals surface area contributed by atoms with Crippen LogP contribution in [0.1, 0.15) is 0 Å². The first-order chi connectivity index (χ1) is 10.9. The second-order valence-electron chi connectivity index (χ2n) is 2.91. The van der Waals surface area contributed by atoms with E-state index < -0.39 is 35.8 Å². The molecule has 0 aromatic rings. The molecule has 0 unspecified atom stereocenters. The van der Waals surface area contributed by atoms with Crippen molar-refractivity contribution < 1.29 is 99.6 Å². The fourth-order valence-electron chi connectivity index (χ4n) is 0.408. The fourth-order valence-corrected chi connectivity index (χ4v) is 0.408. The van der Waals surface area contributed by atoms with Crippen LogP contribution in [0.5, 0.6) is 0 Å². The van der Waals surface area contributed by atoms with Gasteiger partial charge in [-0.3, -0.25) is 0 Å². The largest absolute Gasteiger partial charge is 3.00 e. The summed E-state index contributed by atoms with van der Waals surface area (Å²) in [4.78, 5) is 56.5. The van der Waals surface area contributed by atoms with E-state index in [1.54, 1.807) is 0 Å². The van der Waals surface area contributed by atoms with E-state index in [2.05, 4.69) is 0 Å². The second-order valence-corrected chi connectivity index (χ2v) is 2.91. The Kier molecular flexibility index (Phi) is 29.8. The van der Waals surface area contributed by atoms with Gasteiger partial charge in [-0.25, -0.2) is 0 Å². The quantitative estimate of drug-likeness (QED) is 0.232. The Labute approximate surface area is 171 Å². The van der Waals surface area contributed by atoms with Crippen molar-refractivity contribution in [3.05, 3.63) is 36.5 Å². The van der Waals surface area contributed by atoms with E-state index in [9.17, 15) is 59.4 Å². The number of carbonyl (C=O) groups excluding carboxylic acids is 6. The first-order valence-electron chi connectivity index (χ1n) is 5.18. The molecule has 0 fully saturated rings. The summed E-state index contributed by atoms with van der Waals surface area (Å²) >= 11 is 0. The molecule has 0 amide bonds.